The third-order valence-corrected chi connectivity index (χ3v) is 4.57. The minimum Gasteiger partial charge on any atom is -0.361 e. The molecule has 96 valence electrons. The minimum absolute atomic E-state index is 0.407. The summed E-state index contributed by atoms with van der Waals surface area (Å²) in [7, 11) is -0.631. The van der Waals surface area contributed by atoms with Gasteiger partial charge in [0.15, 0.2) is 5.85 Å². The van der Waals surface area contributed by atoms with Gasteiger partial charge in [0, 0.05) is 25.8 Å². The molecule has 0 heterocycles. The number of hydrogen-bond acceptors (Lipinski definition) is 4. The van der Waals surface area contributed by atoms with Crippen LogP contribution in [0.2, 0.25) is 5.02 Å². The lowest BCUT2D eigenvalue weighted by atomic mass is 10.2. The highest BCUT2D eigenvalue weighted by atomic mass is 35.5. The van der Waals surface area contributed by atoms with Crippen molar-refractivity contribution in [3.63, 3.8) is 0 Å². The number of hydrogen-bond donors (Lipinski definition) is 0. The maximum atomic E-state index is 12.3. The van der Waals surface area contributed by atoms with Crippen molar-refractivity contribution in [2.75, 3.05) is 20.8 Å². The molecule has 1 rings (SSSR count). The molecule has 0 saturated heterocycles. The van der Waals surface area contributed by atoms with Crippen LogP contribution in [0.5, 0.6) is 0 Å². The van der Waals surface area contributed by atoms with Crippen molar-refractivity contribution in [1.29, 1.82) is 0 Å². The Morgan fingerprint density at radius 1 is 1.24 bits per heavy atom. The van der Waals surface area contributed by atoms with E-state index >= 15 is 0 Å². The van der Waals surface area contributed by atoms with Crippen LogP contribution in [0, 0.1) is 0 Å². The van der Waals surface area contributed by atoms with Gasteiger partial charge in [-0.15, -0.1) is 0 Å². The zero-order valence-corrected chi connectivity index (χ0v) is 11.7. The first kappa shape index (κ1) is 14.7. The fourth-order valence-electron chi connectivity index (χ4n) is 1.42. The predicted molar refractivity (Wildman–Crippen MR) is 67.4 cm³/mol. The first-order valence-corrected chi connectivity index (χ1v) is 7.14. The molecule has 0 spiro atoms. The third-order valence-electron chi connectivity index (χ3n) is 2.28. The Morgan fingerprint density at radius 2 is 1.76 bits per heavy atom. The van der Waals surface area contributed by atoms with Gasteiger partial charge in [-0.2, -0.15) is 0 Å². The number of rotatable bonds is 6. The van der Waals surface area contributed by atoms with Crippen molar-refractivity contribution < 1.29 is 18.3 Å². The van der Waals surface area contributed by atoms with Crippen LogP contribution in [0.1, 0.15) is 18.3 Å². The van der Waals surface area contributed by atoms with Gasteiger partial charge in [0.2, 0.25) is 0 Å². The Bertz CT molecular complexity index is 385. The average molecular weight is 279 g/mol. The van der Waals surface area contributed by atoms with Crippen LogP contribution >= 0.6 is 19.2 Å². The maximum Gasteiger partial charge on any atom is 0.363 e. The normalized spacial score (nSPS) is 13.6. The molecule has 0 aromatic heterocycles. The summed E-state index contributed by atoms with van der Waals surface area (Å²) in [5.74, 6) is -0.736. The van der Waals surface area contributed by atoms with Crippen LogP contribution in [0.15, 0.2) is 24.3 Å². The van der Waals surface area contributed by atoms with Crippen molar-refractivity contribution in [3.8, 4) is 0 Å². The average Bonchev–Trinajstić information content (AvgIpc) is 2.36. The summed E-state index contributed by atoms with van der Waals surface area (Å²) in [6.45, 7) is 2.22. The second kappa shape index (κ2) is 6.53. The number of benzene rings is 1. The van der Waals surface area contributed by atoms with Gasteiger partial charge < -0.3 is 13.8 Å². The highest BCUT2D eigenvalue weighted by Crippen LogP contribution is 2.60. The minimum atomic E-state index is -3.31. The Labute approximate surface area is 106 Å². The standard InChI is InChI=1S/C11H16ClO4P/c1-4-16-11(17(13,14-2)15-3)9-5-7-10(12)8-6-9/h5-8,11H,4H2,1-3H3. The van der Waals surface area contributed by atoms with E-state index in [2.05, 4.69) is 0 Å². The molecule has 0 aliphatic rings. The predicted octanol–water partition coefficient (Wildman–Crippen LogP) is 3.86. The number of halogens is 1. The van der Waals surface area contributed by atoms with E-state index in [9.17, 15) is 4.57 Å². The molecule has 0 radical (unpaired) electrons. The van der Waals surface area contributed by atoms with Crippen LogP contribution in [0.3, 0.4) is 0 Å². The first-order valence-electron chi connectivity index (χ1n) is 5.15. The van der Waals surface area contributed by atoms with Crippen LogP contribution in [-0.4, -0.2) is 20.8 Å². The summed E-state index contributed by atoms with van der Waals surface area (Å²) < 4.78 is 27.7. The lowest BCUT2D eigenvalue weighted by Crippen LogP contribution is -2.08. The molecule has 1 unspecified atom stereocenters. The molecular weight excluding hydrogens is 263 g/mol. The fraction of sp³-hybridized carbons (Fsp3) is 0.455. The van der Waals surface area contributed by atoms with Crippen molar-refractivity contribution in [3.05, 3.63) is 34.9 Å². The van der Waals surface area contributed by atoms with Gasteiger partial charge in [0.1, 0.15) is 0 Å². The maximum absolute atomic E-state index is 12.3. The summed E-state index contributed by atoms with van der Waals surface area (Å²) >= 11 is 5.80. The van der Waals surface area contributed by atoms with E-state index in [-0.39, 0.29) is 0 Å². The molecule has 1 aromatic carbocycles. The van der Waals surface area contributed by atoms with Gasteiger partial charge in [-0.05, 0) is 24.6 Å². The molecule has 0 aliphatic carbocycles. The van der Waals surface area contributed by atoms with Crippen LogP contribution < -0.4 is 0 Å². The third kappa shape index (κ3) is 3.54. The van der Waals surface area contributed by atoms with Gasteiger partial charge in [-0.1, -0.05) is 23.7 Å². The summed E-state index contributed by atoms with van der Waals surface area (Å²) in [6, 6.07) is 6.90. The van der Waals surface area contributed by atoms with E-state index in [1.54, 1.807) is 24.3 Å². The van der Waals surface area contributed by atoms with Crippen molar-refractivity contribution >= 4 is 19.2 Å². The molecule has 17 heavy (non-hydrogen) atoms. The topological polar surface area (TPSA) is 44.8 Å². The van der Waals surface area contributed by atoms with E-state index in [1.807, 2.05) is 6.92 Å². The zero-order valence-electron chi connectivity index (χ0n) is 10.1. The van der Waals surface area contributed by atoms with Gasteiger partial charge in [-0.3, -0.25) is 4.57 Å². The molecule has 4 nitrogen and oxygen atoms in total. The smallest absolute Gasteiger partial charge is 0.361 e. The highest BCUT2D eigenvalue weighted by Gasteiger charge is 2.36. The number of ether oxygens (including phenoxy) is 1. The van der Waals surface area contributed by atoms with E-state index in [4.69, 9.17) is 25.4 Å². The molecule has 0 aliphatic heterocycles. The second-order valence-electron chi connectivity index (χ2n) is 3.26. The van der Waals surface area contributed by atoms with Gasteiger partial charge >= 0.3 is 7.60 Å². The van der Waals surface area contributed by atoms with Crippen LogP contribution in [-0.2, 0) is 18.3 Å². The van der Waals surface area contributed by atoms with E-state index in [0.717, 1.165) is 0 Å². The SMILES string of the molecule is CCOC(c1ccc(Cl)cc1)P(=O)(OC)OC. The Hall–Kier alpha value is -0.380. The molecule has 0 fully saturated rings. The molecule has 0 bridgehead atoms. The van der Waals surface area contributed by atoms with E-state index in [0.29, 0.717) is 17.2 Å². The highest BCUT2D eigenvalue weighted by molar-refractivity contribution is 7.54. The molecule has 0 amide bonds. The second-order valence-corrected chi connectivity index (χ2v) is 5.98. The summed E-state index contributed by atoms with van der Waals surface area (Å²) in [5, 5.41) is 0.605. The molecule has 0 saturated carbocycles. The van der Waals surface area contributed by atoms with Gasteiger partial charge in [-0.25, -0.2) is 0 Å². The molecular formula is C11H16ClO4P. The molecule has 1 aromatic rings. The van der Waals surface area contributed by atoms with Crippen molar-refractivity contribution in [1.82, 2.24) is 0 Å². The monoisotopic (exact) mass is 278 g/mol. The van der Waals surface area contributed by atoms with Gasteiger partial charge in [0.05, 0.1) is 0 Å². The molecule has 1 atom stereocenters. The lowest BCUT2D eigenvalue weighted by Gasteiger charge is -2.24. The summed E-state index contributed by atoms with van der Waals surface area (Å²) in [6.07, 6.45) is 0. The van der Waals surface area contributed by atoms with E-state index in [1.165, 1.54) is 14.2 Å². The molecule has 0 N–H and O–H groups in total. The Kier molecular flexibility index (Phi) is 5.63. The Balaban J connectivity index is 3.08. The fourth-order valence-corrected chi connectivity index (χ4v) is 2.95. The summed E-state index contributed by atoms with van der Waals surface area (Å²) in [4.78, 5) is 0. The zero-order chi connectivity index (χ0) is 12.9. The lowest BCUT2D eigenvalue weighted by molar-refractivity contribution is 0.0870. The quantitative estimate of drug-likeness (QED) is 0.741. The molecule has 6 heteroatoms. The first-order chi connectivity index (χ1) is 8.07. The van der Waals surface area contributed by atoms with Crippen LogP contribution in [0.25, 0.3) is 0 Å². The van der Waals surface area contributed by atoms with Gasteiger partial charge in [0.25, 0.3) is 0 Å². The van der Waals surface area contributed by atoms with E-state index < -0.39 is 13.4 Å². The Morgan fingerprint density at radius 3 is 2.18 bits per heavy atom. The summed E-state index contributed by atoms with van der Waals surface area (Å²) in [5.41, 5.74) is 0.711. The largest absolute Gasteiger partial charge is 0.363 e. The van der Waals surface area contributed by atoms with Crippen molar-refractivity contribution in [2.24, 2.45) is 0 Å². The van der Waals surface area contributed by atoms with Crippen molar-refractivity contribution in [2.45, 2.75) is 12.8 Å². The van der Waals surface area contributed by atoms with Crippen LogP contribution in [0.4, 0.5) is 0 Å².